The van der Waals surface area contributed by atoms with Crippen molar-refractivity contribution in [1.29, 1.82) is 0 Å². The molecular formula is C22H21FN4O4. The average Bonchev–Trinajstić information content (AvgIpc) is 3.08. The third-order valence-electron chi connectivity index (χ3n) is 5.55. The van der Waals surface area contributed by atoms with Gasteiger partial charge in [0.05, 0.1) is 0 Å². The zero-order valence-electron chi connectivity index (χ0n) is 16.9. The molecule has 160 valence electrons. The highest BCUT2D eigenvalue weighted by atomic mass is 19.1. The number of nitrogens with one attached hydrogen (secondary N) is 2. The molecule has 2 heterocycles. The van der Waals surface area contributed by atoms with E-state index in [0.29, 0.717) is 17.7 Å². The van der Waals surface area contributed by atoms with Crippen molar-refractivity contribution in [3.8, 4) is 0 Å². The summed E-state index contributed by atoms with van der Waals surface area (Å²) in [4.78, 5) is 51.6. The van der Waals surface area contributed by atoms with Crippen LogP contribution >= 0.6 is 0 Å². The summed E-state index contributed by atoms with van der Waals surface area (Å²) in [5.74, 6) is -1.22. The number of piperidine rings is 1. The minimum absolute atomic E-state index is 0.228. The molecule has 0 radical (unpaired) electrons. The van der Waals surface area contributed by atoms with Crippen molar-refractivity contribution in [2.45, 2.75) is 32.0 Å². The van der Waals surface area contributed by atoms with Crippen molar-refractivity contribution in [3.05, 3.63) is 65.0 Å². The molecule has 2 aliphatic heterocycles. The lowest BCUT2D eigenvalue weighted by atomic mass is 10.0. The number of amides is 5. The SMILES string of the molecule is CN1C(=O)CCC(N2Cc3cc(CNC(=O)Nc4ccc(F)cc4)ccc3C2=O)C1=O. The number of hydrogen-bond donors (Lipinski definition) is 2. The molecular weight excluding hydrogens is 403 g/mol. The number of imide groups is 1. The molecule has 1 fully saturated rings. The third kappa shape index (κ3) is 4.11. The summed E-state index contributed by atoms with van der Waals surface area (Å²) in [6.45, 7) is 0.510. The molecule has 0 saturated carbocycles. The lowest BCUT2D eigenvalue weighted by molar-refractivity contribution is -0.150. The van der Waals surface area contributed by atoms with E-state index in [-0.39, 0.29) is 43.0 Å². The van der Waals surface area contributed by atoms with Crippen LogP contribution in [0, 0.1) is 5.82 Å². The highest BCUT2D eigenvalue weighted by Crippen LogP contribution is 2.29. The lowest BCUT2D eigenvalue weighted by Gasteiger charge is -2.33. The number of carbonyl (C=O) groups excluding carboxylic acids is 4. The fraction of sp³-hybridized carbons (Fsp3) is 0.273. The van der Waals surface area contributed by atoms with Crippen LogP contribution in [0.5, 0.6) is 0 Å². The largest absolute Gasteiger partial charge is 0.334 e. The first kappa shape index (κ1) is 20.5. The summed E-state index contributed by atoms with van der Waals surface area (Å²) in [5.41, 5.74) is 2.56. The highest BCUT2D eigenvalue weighted by Gasteiger charge is 2.41. The van der Waals surface area contributed by atoms with E-state index in [1.165, 1.54) is 36.2 Å². The molecule has 5 amide bonds. The van der Waals surface area contributed by atoms with E-state index in [1.807, 2.05) is 6.07 Å². The maximum Gasteiger partial charge on any atom is 0.319 e. The summed E-state index contributed by atoms with van der Waals surface area (Å²) < 4.78 is 12.9. The smallest absolute Gasteiger partial charge is 0.319 e. The monoisotopic (exact) mass is 424 g/mol. The van der Waals surface area contributed by atoms with Crippen molar-refractivity contribution in [2.24, 2.45) is 0 Å². The molecule has 2 aromatic rings. The Morgan fingerprint density at radius 3 is 2.61 bits per heavy atom. The predicted octanol–water partition coefficient (Wildman–Crippen LogP) is 2.25. The topological polar surface area (TPSA) is 98.8 Å². The van der Waals surface area contributed by atoms with Gasteiger partial charge in [-0.25, -0.2) is 9.18 Å². The first-order chi connectivity index (χ1) is 14.8. The number of halogens is 1. The number of likely N-dealkylation sites (tertiary alicyclic amines) is 1. The molecule has 1 unspecified atom stereocenters. The predicted molar refractivity (Wildman–Crippen MR) is 109 cm³/mol. The number of rotatable bonds is 4. The number of nitrogens with zero attached hydrogens (tertiary/aromatic N) is 2. The van der Waals surface area contributed by atoms with Crippen LogP contribution in [0.2, 0.25) is 0 Å². The summed E-state index contributed by atoms with van der Waals surface area (Å²) in [6, 6.07) is 9.60. The molecule has 1 saturated heterocycles. The van der Waals surface area contributed by atoms with Crippen LogP contribution in [0.25, 0.3) is 0 Å². The Morgan fingerprint density at radius 2 is 1.87 bits per heavy atom. The molecule has 1 atom stereocenters. The van der Waals surface area contributed by atoms with Gasteiger partial charge in [-0.2, -0.15) is 0 Å². The van der Waals surface area contributed by atoms with Gasteiger partial charge in [0.1, 0.15) is 11.9 Å². The second kappa shape index (κ2) is 8.17. The number of likely N-dealkylation sites (N-methyl/N-ethyl adjacent to an activating group) is 1. The molecule has 2 aliphatic rings. The summed E-state index contributed by atoms with van der Waals surface area (Å²) in [7, 11) is 1.44. The van der Waals surface area contributed by atoms with E-state index < -0.39 is 12.1 Å². The van der Waals surface area contributed by atoms with Gasteiger partial charge in [-0.3, -0.25) is 19.3 Å². The van der Waals surface area contributed by atoms with Gasteiger partial charge in [0.2, 0.25) is 5.91 Å². The maximum atomic E-state index is 12.9. The normalized spacial score (nSPS) is 18.3. The molecule has 0 spiro atoms. The Morgan fingerprint density at radius 1 is 1.13 bits per heavy atom. The molecule has 4 rings (SSSR count). The number of carbonyl (C=O) groups is 4. The van der Waals surface area contributed by atoms with Gasteiger partial charge >= 0.3 is 6.03 Å². The van der Waals surface area contributed by atoms with Crippen LogP contribution in [0.1, 0.15) is 34.3 Å². The Balaban J connectivity index is 1.39. The van der Waals surface area contributed by atoms with E-state index >= 15 is 0 Å². The maximum absolute atomic E-state index is 12.9. The number of hydrogen-bond acceptors (Lipinski definition) is 4. The summed E-state index contributed by atoms with van der Waals surface area (Å²) >= 11 is 0. The molecule has 2 aromatic carbocycles. The number of benzene rings is 2. The molecule has 0 aromatic heterocycles. The zero-order valence-corrected chi connectivity index (χ0v) is 16.9. The number of anilines is 1. The van der Waals surface area contributed by atoms with Gasteiger partial charge in [0, 0.05) is 37.8 Å². The van der Waals surface area contributed by atoms with Crippen LogP contribution in [0.15, 0.2) is 42.5 Å². The van der Waals surface area contributed by atoms with Crippen molar-refractivity contribution < 1.29 is 23.6 Å². The van der Waals surface area contributed by atoms with Crippen LogP contribution < -0.4 is 10.6 Å². The van der Waals surface area contributed by atoms with E-state index in [9.17, 15) is 23.6 Å². The van der Waals surface area contributed by atoms with Crippen LogP contribution in [-0.2, 0) is 22.7 Å². The quantitative estimate of drug-likeness (QED) is 0.736. The Hall–Kier alpha value is -3.75. The fourth-order valence-corrected chi connectivity index (χ4v) is 3.84. The van der Waals surface area contributed by atoms with Crippen LogP contribution in [0.3, 0.4) is 0 Å². The Kier molecular flexibility index (Phi) is 5.41. The van der Waals surface area contributed by atoms with Crippen LogP contribution in [-0.4, -0.2) is 46.6 Å². The van der Waals surface area contributed by atoms with Crippen LogP contribution in [0.4, 0.5) is 14.9 Å². The van der Waals surface area contributed by atoms with Crippen molar-refractivity contribution in [3.63, 3.8) is 0 Å². The number of fused-ring (bicyclic) bond motifs is 1. The van der Waals surface area contributed by atoms with E-state index in [4.69, 9.17) is 0 Å². The Bertz CT molecular complexity index is 1070. The third-order valence-corrected chi connectivity index (χ3v) is 5.55. The molecule has 8 nitrogen and oxygen atoms in total. The summed E-state index contributed by atoms with van der Waals surface area (Å²) in [5, 5.41) is 5.33. The first-order valence-corrected chi connectivity index (χ1v) is 9.87. The standard InChI is InChI=1S/C22H21FN4O4/c1-26-19(28)9-8-18(21(26)30)27-12-14-10-13(2-7-17(14)20(27)29)11-24-22(31)25-16-5-3-15(23)4-6-16/h2-7,10,18H,8-9,11-12H2,1H3,(H2,24,25,31). The summed E-state index contributed by atoms with van der Waals surface area (Å²) in [6.07, 6.45) is 0.547. The molecule has 0 aliphatic carbocycles. The molecule has 2 N–H and O–H groups in total. The molecule has 0 bridgehead atoms. The van der Waals surface area contributed by atoms with Gasteiger partial charge in [-0.1, -0.05) is 12.1 Å². The molecule has 31 heavy (non-hydrogen) atoms. The zero-order chi connectivity index (χ0) is 22.1. The van der Waals surface area contributed by atoms with Gasteiger partial charge in [-0.15, -0.1) is 0 Å². The first-order valence-electron chi connectivity index (χ1n) is 9.87. The van der Waals surface area contributed by atoms with E-state index in [1.54, 1.807) is 12.1 Å². The fourth-order valence-electron chi connectivity index (χ4n) is 3.84. The Labute approximate surface area is 178 Å². The van der Waals surface area contributed by atoms with Crippen molar-refractivity contribution >= 4 is 29.4 Å². The van der Waals surface area contributed by atoms with E-state index in [2.05, 4.69) is 10.6 Å². The van der Waals surface area contributed by atoms with Crippen molar-refractivity contribution in [1.82, 2.24) is 15.1 Å². The van der Waals surface area contributed by atoms with Crippen molar-refractivity contribution in [2.75, 3.05) is 12.4 Å². The number of urea groups is 1. The van der Waals surface area contributed by atoms with E-state index in [0.717, 1.165) is 16.0 Å². The average molecular weight is 424 g/mol. The van der Waals surface area contributed by atoms with Gasteiger partial charge < -0.3 is 15.5 Å². The van der Waals surface area contributed by atoms with Gasteiger partial charge in [0.15, 0.2) is 0 Å². The second-order valence-corrected chi connectivity index (χ2v) is 7.58. The van der Waals surface area contributed by atoms with Gasteiger partial charge in [0.25, 0.3) is 11.8 Å². The second-order valence-electron chi connectivity index (χ2n) is 7.58. The minimum Gasteiger partial charge on any atom is -0.334 e. The minimum atomic E-state index is -0.648. The molecule has 9 heteroatoms. The van der Waals surface area contributed by atoms with Gasteiger partial charge in [-0.05, 0) is 47.9 Å². The highest BCUT2D eigenvalue weighted by molar-refractivity contribution is 6.05. The lowest BCUT2D eigenvalue weighted by Crippen LogP contribution is -2.53.